The first-order valence-corrected chi connectivity index (χ1v) is 11.3. The lowest BCUT2D eigenvalue weighted by molar-refractivity contribution is -0.0762. The highest BCUT2D eigenvalue weighted by Crippen LogP contribution is 2.47. The van der Waals surface area contributed by atoms with Crippen molar-refractivity contribution in [2.45, 2.75) is 58.5 Å². The Morgan fingerprint density at radius 3 is 2.58 bits per heavy atom. The number of amides is 2. The molecule has 1 spiro atoms. The lowest BCUT2D eigenvalue weighted by atomic mass is 9.86. The predicted octanol–water partition coefficient (Wildman–Crippen LogP) is 4.12. The molecule has 1 aromatic rings. The van der Waals surface area contributed by atoms with Crippen LogP contribution in [-0.2, 0) is 4.74 Å². The molecule has 0 unspecified atom stereocenters. The standard InChI is InChI=1S/C22H31ClN4O4/c1-21(2,3)30-20(29)27-12-11-25(4)19(28)17-15(31-27)13-16(23)24-18(17)26-10-9-22(14-26)7-5-6-8-22/h13H,5-12,14H2,1-4H3. The smallest absolute Gasteiger partial charge is 0.442 e. The van der Waals surface area contributed by atoms with Gasteiger partial charge in [-0.3, -0.25) is 4.79 Å². The Hall–Kier alpha value is -2.22. The van der Waals surface area contributed by atoms with Gasteiger partial charge in [-0.05, 0) is 45.4 Å². The molecule has 0 atom stereocenters. The number of ether oxygens (including phenoxy) is 1. The van der Waals surface area contributed by atoms with Crippen molar-refractivity contribution in [1.29, 1.82) is 0 Å². The van der Waals surface area contributed by atoms with E-state index in [1.807, 2.05) is 0 Å². The Labute approximate surface area is 188 Å². The third-order valence-electron chi connectivity index (χ3n) is 6.34. The van der Waals surface area contributed by atoms with Crippen molar-refractivity contribution in [3.05, 3.63) is 16.8 Å². The molecule has 0 radical (unpaired) electrons. The first-order chi connectivity index (χ1) is 14.6. The zero-order valence-corrected chi connectivity index (χ0v) is 19.5. The number of carbonyl (C=O) groups excluding carboxylic acids is 2. The highest BCUT2D eigenvalue weighted by Gasteiger charge is 2.42. The molecule has 0 N–H and O–H groups in total. The van der Waals surface area contributed by atoms with Gasteiger partial charge in [0.15, 0.2) is 5.75 Å². The predicted molar refractivity (Wildman–Crippen MR) is 118 cm³/mol. The van der Waals surface area contributed by atoms with E-state index in [0.717, 1.165) is 24.6 Å². The number of hydrogen-bond donors (Lipinski definition) is 0. The molecule has 2 aliphatic heterocycles. The molecule has 4 rings (SSSR count). The van der Waals surface area contributed by atoms with Crippen molar-refractivity contribution in [2.24, 2.45) is 5.41 Å². The maximum atomic E-state index is 13.3. The van der Waals surface area contributed by atoms with E-state index in [1.54, 1.807) is 32.7 Å². The summed E-state index contributed by atoms with van der Waals surface area (Å²) >= 11 is 6.35. The SMILES string of the molecule is CN1CCN(C(=O)OC(C)(C)C)Oc2cc(Cl)nc(N3CCC4(CCCC4)C3)c2C1=O. The first kappa shape index (κ1) is 22.0. The zero-order chi connectivity index (χ0) is 22.4. The highest BCUT2D eigenvalue weighted by atomic mass is 35.5. The van der Waals surface area contributed by atoms with Crippen molar-refractivity contribution in [3.8, 4) is 5.75 Å². The maximum absolute atomic E-state index is 13.3. The van der Waals surface area contributed by atoms with Crippen LogP contribution in [0.4, 0.5) is 10.6 Å². The van der Waals surface area contributed by atoms with Crippen LogP contribution in [0.2, 0.25) is 5.15 Å². The van der Waals surface area contributed by atoms with E-state index < -0.39 is 11.7 Å². The number of hydrogen-bond acceptors (Lipinski definition) is 6. The highest BCUT2D eigenvalue weighted by molar-refractivity contribution is 6.30. The van der Waals surface area contributed by atoms with Gasteiger partial charge in [0.05, 0.1) is 6.54 Å². The molecule has 3 aliphatic rings. The molecule has 9 heteroatoms. The van der Waals surface area contributed by atoms with Crippen LogP contribution in [0.3, 0.4) is 0 Å². The van der Waals surface area contributed by atoms with Crippen LogP contribution in [-0.4, -0.2) is 65.8 Å². The fraction of sp³-hybridized carbons (Fsp3) is 0.682. The summed E-state index contributed by atoms with van der Waals surface area (Å²) in [6, 6.07) is 1.50. The lowest BCUT2D eigenvalue weighted by Gasteiger charge is -2.33. The van der Waals surface area contributed by atoms with Gasteiger partial charge in [-0.2, -0.15) is 0 Å². The van der Waals surface area contributed by atoms with E-state index in [0.29, 0.717) is 23.3 Å². The van der Waals surface area contributed by atoms with Gasteiger partial charge in [0.2, 0.25) is 0 Å². The van der Waals surface area contributed by atoms with Gasteiger partial charge in [0.25, 0.3) is 5.91 Å². The van der Waals surface area contributed by atoms with Gasteiger partial charge in [0, 0.05) is 32.7 Å². The van der Waals surface area contributed by atoms with Crippen LogP contribution < -0.4 is 9.74 Å². The number of halogens is 1. The minimum absolute atomic E-state index is 0.179. The van der Waals surface area contributed by atoms with Gasteiger partial charge in [-0.25, -0.2) is 9.78 Å². The largest absolute Gasteiger partial charge is 0.443 e. The molecule has 0 aromatic carbocycles. The van der Waals surface area contributed by atoms with Crippen LogP contribution in [0, 0.1) is 5.41 Å². The molecule has 0 bridgehead atoms. The fourth-order valence-electron chi connectivity index (χ4n) is 4.77. The summed E-state index contributed by atoms with van der Waals surface area (Å²) in [5.41, 5.74) is -0.0219. The molecule has 1 saturated heterocycles. The van der Waals surface area contributed by atoms with E-state index in [9.17, 15) is 9.59 Å². The van der Waals surface area contributed by atoms with E-state index >= 15 is 0 Å². The maximum Gasteiger partial charge on any atom is 0.443 e. The number of aromatic nitrogens is 1. The minimum atomic E-state index is -0.667. The molecular weight excluding hydrogens is 420 g/mol. The van der Waals surface area contributed by atoms with Crippen LogP contribution in [0.1, 0.15) is 63.2 Å². The second kappa shape index (κ2) is 8.04. The number of anilines is 1. The second-order valence-corrected chi connectivity index (χ2v) is 10.3. The average molecular weight is 451 g/mol. The molecule has 2 fully saturated rings. The molecule has 3 heterocycles. The summed E-state index contributed by atoms with van der Waals surface area (Å²) in [6.07, 6.45) is 5.41. The first-order valence-electron chi connectivity index (χ1n) is 11.0. The van der Waals surface area contributed by atoms with Crippen molar-refractivity contribution in [2.75, 3.05) is 38.1 Å². The summed E-state index contributed by atoms with van der Waals surface area (Å²) in [4.78, 5) is 40.2. The summed E-state index contributed by atoms with van der Waals surface area (Å²) < 4.78 is 5.47. The second-order valence-electron chi connectivity index (χ2n) is 9.92. The number of rotatable bonds is 1. The Morgan fingerprint density at radius 1 is 1.19 bits per heavy atom. The monoisotopic (exact) mass is 450 g/mol. The topological polar surface area (TPSA) is 75.2 Å². The molecule has 2 amide bonds. The van der Waals surface area contributed by atoms with Crippen LogP contribution in [0.5, 0.6) is 5.75 Å². The Bertz CT molecular complexity index is 879. The number of pyridine rings is 1. The van der Waals surface area contributed by atoms with E-state index in [-0.39, 0.29) is 23.4 Å². The average Bonchev–Trinajstić information content (AvgIpc) is 3.31. The van der Waals surface area contributed by atoms with Gasteiger partial charge in [-0.15, -0.1) is 5.06 Å². The summed E-state index contributed by atoms with van der Waals surface area (Å²) in [6.45, 7) is 7.56. The van der Waals surface area contributed by atoms with E-state index in [2.05, 4.69) is 9.88 Å². The zero-order valence-electron chi connectivity index (χ0n) is 18.7. The number of carbonyl (C=O) groups is 2. The Balaban J connectivity index is 1.70. The van der Waals surface area contributed by atoms with Gasteiger partial charge in [0.1, 0.15) is 22.1 Å². The third-order valence-corrected chi connectivity index (χ3v) is 6.53. The fourth-order valence-corrected chi connectivity index (χ4v) is 4.95. The van der Waals surface area contributed by atoms with E-state index in [4.69, 9.17) is 21.2 Å². The summed E-state index contributed by atoms with van der Waals surface area (Å²) in [5, 5.41) is 1.37. The number of hydroxylamine groups is 2. The van der Waals surface area contributed by atoms with Crippen molar-refractivity contribution in [1.82, 2.24) is 14.9 Å². The minimum Gasteiger partial charge on any atom is -0.442 e. The lowest BCUT2D eigenvalue weighted by Crippen LogP contribution is -2.46. The van der Waals surface area contributed by atoms with Crippen molar-refractivity contribution >= 4 is 29.4 Å². The Kier molecular flexibility index (Phi) is 5.70. The Morgan fingerprint density at radius 2 is 1.90 bits per heavy atom. The molecule has 8 nitrogen and oxygen atoms in total. The van der Waals surface area contributed by atoms with Gasteiger partial charge in [-0.1, -0.05) is 24.4 Å². The van der Waals surface area contributed by atoms with Crippen molar-refractivity contribution < 1.29 is 19.2 Å². The quantitative estimate of drug-likeness (QED) is 0.599. The third kappa shape index (κ3) is 4.54. The normalized spacial score (nSPS) is 21.1. The summed E-state index contributed by atoms with van der Waals surface area (Å²) in [7, 11) is 1.71. The summed E-state index contributed by atoms with van der Waals surface area (Å²) in [5.74, 6) is 0.573. The number of fused-ring (bicyclic) bond motifs is 1. The van der Waals surface area contributed by atoms with Gasteiger partial charge < -0.3 is 19.4 Å². The van der Waals surface area contributed by atoms with Crippen LogP contribution in [0.15, 0.2) is 6.07 Å². The molecular formula is C22H31ClN4O4. The number of nitrogens with zero attached hydrogens (tertiary/aromatic N) is 4. The molecule has 1 aromatic heterocycles. The molecule has 31 heavy (non-hydrogen) atoms. The molecule has 1 aliphatic carbocycles. The van der Waals surface area contributed by atoms with Gasteiger partial charge >= 0.3 is 6.09 Å². The van der Waals surface area contributed by atoms with Crippen LogP contribution in [0.25, 0.3) is 0 Å². The molecule has 1 saturated carbocycles. The number of likely N-dealkylation sites (N-methyl/N-ethyl adjacent to an activating group) is 1. The van der Waals surface area contributed by atoms with Crippen molar-refractivity contribution in [3.63, 3.8) is 0 Å². The van der Waals surface area contributed by atoms with E-state index in [1.165, 1.54) is 31.7 Å². The molecule has 170 valence electrons. The van der Waals surface area contributed by atoms with Crippen LogP contribution >= 0.6 is 11.6 Å².